The molecule has 0 bridgehead atoms. The minimum atomic E-state index is -0.0393. The monoisotopic (exact) mass is 378 g/mol. The Balaban J connectivity index is 1.61. The van der Waals surface area contributed by atoms with E-state index in [0.717, 1.165) is 0 Å². The molecule has 2 aliphatic heterocycles. The lowest BCUT2D eigenvalue weighted by Crippen LogP contribution is -2.60. The molecule has 1 spiro atoms. The Labute approximate surface area is 172 Å². The number of hydrogen-bond donors (Lipinski definition) is 1. The van der Waals surface area contributed by atoms with Crippen LogP contribution in [0.3, 0.4) is 0 Å². The Bertz CT molecular complexity index is 1060. The van der Waals surface area contributed by atoms with Crippen molar-refractivity contribution in [2.45, 2.75) is 37.3 Å². The molecule has 1 saturated carbocycles. The Hall–Kier alpha value is -3.00. The van der Waals surface area contributed by atoms with E-state index in [0.29, 0.717) is 11.8 Å². The Morgan fingerprint density at radius 2 is 1.52 bits per heavy atom. The Morgan fingerprint density at radius 3 is 2.34 bits per heavy atom. The van der Waals surface area contributed by atoms with E-state index < -0.39 is 0 Å². The number of para-hydroxylation sites is 2. The second kappa shape index (κ2) is 6.52. The number of anilines is 2. The fraction of sp³-hybridized carbons (Fsp3) is 0.259. The molecule has 3 aromatic rings. The molecule has 0 amide bonds. The van der Waals surface area contributed by atoms with Crippen molar-refractivity contribution in [3.63, 3.8) is 0 Å². The third kappa shape index (κ3) is 2.48. The first-order valence-electron chi connectivity index (χ1n) is 10.9. The van der Waals surface area contributed by atoms with Crippen LogP contribution >= 0.6 is 0 Å². The van der Waals surface area contributed by atoms with Gasteiger partial charge in [0.2, 0.25) is 0 Å². The standard InChI is InChI=1S/C27H26N2/c1-3-11-20(12-4-1)22-19-26(21-13-5-2-6-14-21)29-25-17-8-7-16-24(25)28-27(29)18-10-9-15-23(22)27/h1-8,11-14,16-17,19,22-23,28H,9-10,15,18H2/t22-,23-,27+/m0/s1. The molecule has 1 fully saturated rings. The summed E-state index contributed by atoms with van der Waals surface area (Å²) in [4.78, 5) is 2.64. The topological polar surface area (TPSA) is 15.3 Å². The van der Waals surface area contributed by atoms with Crippen LogP contribution in [0.5, 0.6) is 0 Å². The van der Waals surface area contributed by atoms with Gasteiger partial charge in [-0.05, 0) is 42.5 Å². The number of rotatable bonds is 2. The van der Waals surface area contributed by atoms with Gasteiger partial charge in [-0.15, -0.1) is 0 Å². The van der Waals surface area contributed by atoms with Gasteiger partial charge in [0.15, 0.2) is 0 Å². The van der Waals surface area contributed by atoms with Crippen molar-refractivity contribution in [2.75, 3.05) is 10.2 Å². The molecule has 1 aliphatic carbocycles. The van der Waals surface area contributed by atoms with E-state index in [9.17, 15) is 0 Å². The molecule has 2 heteroatoms. The lowest BCUT2D eigenvalue weighted by molar-refractivity contribution is 0.198. The third-order valence-corrected chi connectivity index (χ3v) is 7.10. The zero-order valence-corrected chi connectivity index (χ0v) is 16.6. The number of fused-ring (bicyclic) bond motifs is 2. The average molecular weight is 379 g/mol. The van der Waals surface area contributed by atoms with Gasteiger partial charge in [0.1, 0.15) is 5.66 Å². The maximum atomic E-state index is 4.04. The van der Waals surface area contributed by atoms with Crippen LogP contribution in [0.2, 0.25) is 0 Å². The van der Waals surface area contributed by atoms with Gasteiger partial charge in [-0.25, -0.2) is 0 Å². The first-order valence-corrected chi connectivity index (χ1v) is 10.9. The summed E-state index contributed by atoms with van der Waals surface area (Å²) in [6, 6.07) is 30.9. The molecule has 3 aromatic carbocycles. The Morgan fingerprint density at radius 1 is 0.793 bits per heavy atom. The predicted molar refractivity (Wildman–Crippen MR) is 121 cm³/mol. The highest BCUT2D eigenvalue weighted by Crippen LogP contribution is 2.58. The highest BCUT2D eigenvalue weighted by Gasteiger charge is 2.56. The van der Waals surface area contributed by atoms with E-state index in [2.05, 4.69) is 101 Å². The minimum absolute atomic E-state index is 0.0393. The van der Waals surface area contributed by atoms with E-state index in [1.165, 1.54) is 53.9 Å². The minimum Gasteiger partial charge on any atom is -0.360 e. The van der Waals surface area contributed by atoms with Crippen LogP contribution in [0.15, 0.2) is 91.0 Å². The van der Waals surface area contributed by atoms with Gasteiger partial charge in [0.05, 0.1) is 11.4 Å². The van der Waals surface area contributed by atoms with E-state index in [1.54, 1.807) is 0 Å². The van der Waals surface area contributed by atoms with E-state index in [-0.39, 0.29) is 5.66 Å². The molecule has 0 unspecified atom stereocenters. The molecule has 29 heavy (non-hydrogen) atoms. The average Bonchev–Trinajstić information content (AvgIpc) is 3.13. The summed E-state index contributed by atoms with van der Waals surface area (Å²) in [7, 11) is 0. The van der Waals surface area contributed by atoms with Crippen LogP contribution in [0.25, 0.3) is 5.70 Å². The molecule has 0 aromatic heterocycles. The second-order valence-corrected chi connectivity index (χ2v) is 8.61. The zero-order chi connectivity index (χ0) is 19.3. The predicted octanol–water partition coefficient (Wildman–Crippen LogP) is 6.64. The molecule has 2 heterocycles. The maximum Gasteiger partial charge on any atom is 0.119 e. The molecule has 1 N–H and O–H groups in total. The SMILES string of the molecule is C1=C(c2ccccc2)N2c3ccccc3N[C@]23CCCC[C@H]3[C@@H]1c1ccccc1. The van der Waals surface area contributed by atoms with Crippen LogP contribution in [-0.2, 0) is 0 Å². The molecule has 3 aliphatic rings. The fourth-order valence-corrected chi connectivity index (χ4v) is 5.91. The smallest absolute Gasteiger partial charge is 0.119 e. The first kappa shape index (κ1) is 16.9. The van der Waals surface area contributed by atoms with Crippen molar-refractivity contribution >= 4 is 17.1 Å². The van der Waals surface area contributed by atoms with Gasteiger partial charge < -0.3 is 10.2 Å². The molecule has 6 rings (SSSR count). The molecule has 2 nitrogen and oxygen atoms in total. The molecule has 144 valence electrons. The summed E-state index contributed by atoms with van der Waals surface area (Å²) < 4.78 is 0. The van der Waals surface area contributed by atoms with Gasteiger partial charge in [0, 0.05) is 17.5 Å². The molecular formula is C27H26N2. The maximum absolute atomic E-state index is 4.04. The number of hydrogen-bond acceptors (Lipinski definition) is 2. The van der Waals surface area contributed by atoms with Crippen molar-refractivity contribution in [3.8, 4) is 0 Å². The molecule has 0 saturated heterocycles. The first-order chi connectivity index (χ1) is 14.4. The van der Waals surface area contributed by atoms with Gasteiger partial charge in [-0.2, -0.15) is 0 Å². The lowest BCUT2D eigenvalue weighted by atomic mass is 9.66. The number of allylic oxidation sites excluding steroid dienone is 1. The summed E-state index contributed by atoms with van der Waals surface area (Å²) in [6.07, 6.45) is 7.58. The van der Waals surface area contributed by atoms with Gasteiger partial charge in [0.25, 0.3) is 0 Å². The largest absolute Gasteiger partial charge is 0.360 e. The molecule has 0 radical (unpaired) electrons. The summed E-state index contributed by atoms with van der Waals surface area (Å²) in [6.45, 7) is 0. The van der Waals surface area contributed by atoms with Crippen molar-refractivity contribution < 1.29 is 0 Å². The Kier molecular flexibility index (Phi) is 3.80. The molecule has 3 atom stereocenters. The van der Waals surface area contributed by atoms with Crippen LogP contribution in [0.4, 0.5) is 11.4 Å². The van der Waals surface area contributed by atoms with Gasteiger partial charge >= 0.3 is 0 Å². The summed E-state index contributed by atoms with van der Waals surface area (Å²) in [5.74, 6) is 0.975. The van der Waals surface area contributed by atoms with Crippen molar-refractivity contribution in [1.82, 2.24) is 0 Å². The van der Waals surface area contributed by atoms with Crippen molar-refractivity contribution in [1.29, 1.82) is 0 Å². The highest BCUT2D eigenvalue weighted by atomic mass is 15.4. The third-order valence-electron chi connectivity index (χ3n) is 7.10. The van der Waals surface area contributed by atoms with Crippen molar-refractivity contribution in [3.05, 3.63) is 102 Å². The van der Waals surface area contributed by atoms with Crippen molar-refractivity contribution in [2.24, 2.45) is 5.92 Å². The van der Waals surface area contributed by atoms with Gasteiger partial charge in [-0.1, -0.05) is 85.3 Å². The van der Waals surface area contributed by atoms with E-state index in [1.807, 2.05) is 0 Å². The zero-order valence-electron chi connectivity index (χ0n) is 16.6. The van der Waals surface area contributed by atoms with Crippen LogP contribution in [0.1, 0.15) is 42.7 Å². The van der Waals surface area contributed by atoms with E-state index >= 15 is 0 Å². The number of nitrogens with zero attached hydrogens (tertiary/aromatic N) is 1. The highest BCUT2D eigenvalue weighted by molar-refractivity contribution is 5.93. The fourth-order valence-electron chi connectivity index (χ4n) is 5.91. The normalized spacial score (nSPS) is 27.3. The molecular weight excluding hydrogens is 352 g/mol. The van der Waals surface area contributed by atoms with E-state index in [4.69, 9.17) is 0 Å². The quantitative estimate of drug-likeness (QED) is 0.537. The summed E-state index contributed by atoms with van der Waals surface area (Å²) in [5, 5.41) is 4.04. The number of nitrogens with one attached hydrogen (secondary N) is 1. The number of benzene rings is 3. The summed E-state index contributed by atoms with van der Waals surface area (Å²) in [5.41, 5.74) is 6.63. The summed E-state index contributed by atoms with van der Waals surface area (Å²) >= 11 is 0. The van der Waals surface area contributed by atoms with Gasteiger partial charge in [-0.3, -0.25) is 0 Å². The van der Waals surface area contributed by atoms with Crippen LogP contribution in [-0.4, -0.2) is 5.66 Å². The van der Waals surface area contributed by atoms with Crippen LogP contribution in [0, 0.1) is 5.92 Å². The second-order valence-electron chi connectivity index (χ2n) is 8.61. The lowest BCUT2D eigenvalue weighted by Gasteiger charge is -2.54. The van der Waals surface area contributed by atoms with Crippen LogP contribution < -0.4 is 10.2 Å².